The van der Waals surface area contributed by atoms with Gasteiger partial charge in [0, 0.05) is 36.9 Å². The quantitative estimate of drug-likeness (QED) is 0.760. The number of carbonyl (C=O) groups excluding carboxylic acids is 1. The zero-order valence-corrected chi connectivity index (χ0v) is 12.6. The summed E-state index contributed by atoms with van der Waals surface area (Å²) in [5.74, 6) is -0.172. The number of ether oxygens (including phenoxy) is 1. The number of methoxy groups -OCH3 is 1. The SMILES string of the molecule is COC(=O)Cc1cc2c(n1C)CC(C)N(C)C(C)C2. The summed E-state index contributed by atoms with van der Waals surface area (Å²) >= 11 is 0. The van der Waals surface area contributed by atoms with E-state index in [9.17, 15) is 4.79 Å². The molecule has 2 atom stereocenters. The van der Waals surface area contributed by atoms with Crippen molar-refractivity contribution in [3.8, 4) is 0 Å². The highest BCUT2D eigenvalue weighted by molar-refractivity contribution is 5.72. The van der Waals surface area contributed by atoms with Crippen LogP contribution in [0.2, 0.25) is 0 Å². The highest BCUT2D eigenvalue weighted by Crippen LogP contribution is 2.25. The molecule has 2 rings (SSSR count). The minimum Gasteiger partial charge on any atom is -0.469 e. The second-order valence-electron chi connectivity index (χ2n) is 5.69. The maximum Gasteiger partial charge on any atom is 0.311 e. The average molecular weight is 264 g/mol. The van der Waals surface area contributed by atoms with E-state index in [-0.39, 0.29) is 5.97 Å². The number of carbonyl (C=O) groups is 1. The third-order valence-corrected chi connectivity index (χ3v) is 4.49. The van der Waals surface area contributed by atoms with Crippen molar-refractivity contribution in [2.24, 2.45) is 7.05 Å². The Hall–Kier alpha value is -1.29. The lowest BCUT2D eigenvalue weighted by molar-refractivity contribution is -0.139. The topological polar surface area (TPSA) is 34.5 Å². The lowest BCUT2D eigenvalue weighted by atomic mass is 10.1. The molecule has 0 saturated heterocycles. The fourth-order valence-corrected chi connectivity index (χ4v) is 2.92. The van der Waals surface area contributed by atoms with Crippen molar-refractivity contribution < 1.29 is 9.53 Å². The fraction of sp³-hybridized carbons (Fsp3) is 0.667. The number of nitrogens with zero attached hydrogens (tertiary/aromatic N) is 2. The van der Waals surface area contributed by atoms with Crippen LogP contribution in [0, 0.1) is 0 Å². The molecule has 4 heteroatoms. The van der Waals surface area contributed by atoms with Gasteiger partial charge >= 0.3 is 5.97 Å². The first-order valence-electron chi connectivity index (χ1n) is 6.89. The van der Waals surface area contributed by atoms with Crippen LogP contribution in [-0.2, 0) is 35.8 Å². The molecule has 0 fully saturated rings. The zero-order valence-electron chi connectivity index (χ0n) is 12.6. The van der Waals surface area contributed by atoms with Gasteiger partial charge in [-0.3, -0.25) is 4.79 Å². The van der Waals surface area contributed by atoms with E-state index in [1.54, 1.807) is 0 Å². The Kier molecular flexibility index (Phi) is 3.99. The molecule has 4 nitrogen and oxygen atoms in total. The summed E-state index contributed by atoms with van der Waals surface area (Å²) in [5, 5.41) is 0. The van der Waals surface area contributed by atoms with E-state index in [0.717, 1.165) is 18.5 Å². The van der Waals surface area contributed by atoms with Crippen molar-refractivity contribution in [2.75, 3.05) is 14.2 Å². The van der Waals surface area contributed by atoms with Gasteiger partial charge in [-0.1, -0.05) is 0 Å². The molecule has 1 aromatic rings. The molecule has 0 radical (unpaired) electrons. The van der Waals surface area contributed by atoms with Gasteiger partial charge in [-0.05, 0) is 38.9 Å². The van der Waals surface area contributed by atoms with Crippen LogP contribution in [0.5, 0.6) is 0 Å². The van der Waals surface area contributed by atoms with Crippen molar-refractivity contribution in [2.45, 2.75) is 45.2 Å². The van der Waals surface area contributed by atoms with Gasteiger partial charge in [0.25, 0.3) is 0 Å². The van der Waals surface area contributed by atoms with Crippen LogP contribution in [0.1, 0.15) is 30.8 Å². The standard InChI is InChI=1S/C15H24N2O2/c1-10-6-12-8-13(9-15(18)19-5)17(4)14(12)7-11(2)16(10)3/h8,10-11H,6-7,9H2,1-5H3. The first-order chi connectivity index (χ1) is 8.93. The lowest BCUT2D eigenvalue weighted by Gasteiger charge is -2.28. The van der Waals surface area contributed by atoms with Crippen LogP contribution in [0.4, 0.5) is 0 Å². The van der Waals surface area contributed by atoms with Crippen molar-refractivity contribution in [1.29, 1.82) is 0 Å². The van der Waals surface area contributed by atoms with E-state index in [4.69, 9.17) is 4.74 Å². The average Bonchev–Trinajstić information content (AvgIpc) is 2.60. The Labute approximate surface area is 115 Å². The monoisotopic (exact) mass is 264 g/mol. The predicted molar refractivity (Wildman–Crippen MR) is 75.2 cm³/mol. The summed E-state index contributed by atoms with van der Waals surface area (Å²) in [6, 6.07) is 3.23. The molecule has 106 valence electrons. The molecular formula is C15H24N2O2. The fourth-order valence-electron chi connectivity index (χ4n) is 2.92. The summed E-state index contributed by atoms with van der Waals surface area (Å²) in [5.41, 5.74) is 3.80. The largest absolute Gasteiger partial charge is 0.469 e. The van der Waals surface area contributed by atoms with E-state index in [1.165, 1.54) is 18.4 Å². The minimum atomic E-state index is -0.172. The molecule has 0 amide bonds. The highest BCUT2D eigenvalue weighted by Gasteiger charge is 2.26. The van der Waals surface area contributed by atoms with Gasteiger partial charge in [0.1, 0.15) is 0 Å². The van der Waals surface area contributed by atoms with E-state index in [0.29, 0.717) is 18.5 Å². The van der Waals surface area contributed by atoms with Crippen LogP contribution in [-0.4, -0.2) is 41.7 Å². The Balaban J connectivity index is 2.31. The Morgan fingerprint density at radius 1 is 1.32 bits per heavy atom. The minimum absolute atomic E-state index is 0.172. The summed E-state index contributed by atoms with van der Waals surface area (Å²) in [7, 11) is 5.69. The summed E-state index contributed by atoms with van der Waals surface area (Å²) in [6.07, 6.45) is 2.44. The number of hydrogen-bond donors (Lipinski definition) is 0. The third kappa shape index (κ3) is 2.68. The molecule has 2 heterocycles. The first-order valence-corrected chi connectivity index (χ1v) is 6.89. The summed E-state index contributed by atoms with van der Waals surface area (Å²) in [4.78, 5) is 13.9. The molecule has 0 aromatic carbocycles. The molecule has 0 aliphatic carbocycles. The molecule has 0 N–H and O–H groups in total. The Morgan fingerprint density at radius 3 is 2.58 bits per heavy atom. The molecular weight excluding hydrogens is 240 g/mol. The molecule has 1 aliphatic heterocycles. The van der Waals surface area contributed by atoms with E-state index in [2.05, 4.69) is 43.5 Å². The van der Waals surface area contributed by atoms with Crippen LogP contribution in [0.3, 0.4) is 0 Å². The number of rotatable bonds is 2. The second kappa shape index (κ2) is 5.37. The van der Waals surface area contributed by atoms with Gasteiger partial charge in [0.2, 0.25) is 0 Å². The number of aromatic nitrogens is 1. The maximum atomic E-state index is 11.5. The van der Waals surface area contributed by atoms with Gasteiger partial charge < -0.3 is 14.2 Å². The van der Waals surface area contributed by atoms with Crippen LogP contribution in [0.15, 0.2) is 6.07 Å². The van der Waals surface area contributed by atoms with Gasteiger partial charge in [0.05, 0.1) is 13.5 Å². The molecule has 2 unspecified atom stereocenters. The Bertz CT molecular complexity index is 479. The van der Waals surface area contributed by atoms with Crippen LogP contribution in [0.25, 0.3) is 0 Å². The van der Waals surface area contributed by atoms with Crippen molar-refractivity contribution in [3.05, 3.63) is 23.0 Å². The molecule has 0 spiro atoms. The predicted octanol–water partition coefficient (Wildman–Crippen LogP) is 1.55. The molecule has 19 heavy (non-hydrogen) atoms. The number of likely N-dealkylation sites (N-methyl/N-ethyl adjacent to an activating group) is 1. The normalized spacial score (nSPS) is 23.8. The summed E-state index contributed by atoms with van der Waals surface area (Å²) in [6.45, 7) is 4.52. The van der Waals surface area contributed by atoms with Crippen molar-refractivity contribution in [3.63, 3.8) is 0 Å². The van der Waals surface area contributed by atoms with Crippen LogP contribution < -0.4 is 0 Å². The van der Waals surface area contributed by atoms with Crippen LogP contribution >= 0.6 is 0 Å². The summed E-state index contributed by atoms with van der Waals surface area (Å²) < 4.78 is 6.94. The highest BCUT2D eigenvalue weighted by atomic mass is 16.5. The smallest absolute Gasteiger partial charge is 0.311 e. The Morgan fingerprint density at radius 2 is 1.95 bits per heavy atom. The van der Waals surface area contributed by atoms with Gasteiger partial charge in [-0.2, -0.15) is 0 Å². The van der Waals surface area contributed by atoms with Crippen molar-refractivity contribution in [1.82, 2.24) is 9.47 Å². The first kappa shape index (κ1) is 14.1. The molecule has 0 saturated carbocycles. The van der Waals surface area contributed by atoms with Gasteiger partial charge in [-0.25, -0.2) is 0 Å². The van der Waals surface area contributed by atoms with Gasteiger partial charge in [-0.15, -0.1) is 0 Å². The molecule has 0 bridgehead atoms. The number of esters is 1. The number of fused-ring (bicyclic) bond motifs is 1. The molecule has 1 aromatic heterocycles. The van der Waals surface area contributed by atoms with Crippen molar-refractivity contribution >= 4 is 5.97 Å². The zero-order chi connectivity index (χ0) is 14.2. The number of hydrogen-bond acceptors (Lipinski definition) is 3. The van der Waals surface area contributed by atoms with E-state index < -0.39 is 0 Å². The second-order valence-corrected chi connectivity index (χ2v) is 5.69. The van der Waals surface area contributed by atoms with E-state index >= 15 is 0 Å². The molecule has 1 aliphatic rings. The third-order valence-electron chi connectivity index (χ3n) is 4.49. The lowest BCUT2D eigenvalue weighted by Crippen LogP contribution is -2.37. The van der Waals surface area contributed by atoms with Gasteiger partial charge in [0.15, 0.2) is 0 Å². The van der Waals surface area contributed by atoms with E-state index in [1.807, 2.05) is 0 Å². The maximum absolute atomic E-state index is 11.5.